The van der Waals surface area contributed by atoms with E-state index in [1.54, 1.807) is 0 Å². The van der Waals surface area contributed by atoms with Gasteiger partial charge in [0.2, 0.25) is 5.91 Å². The van der Waals surface area contributed by atoms with E-state index in [0.29, 0.717) is 19.5 Å². The second-order valence-corrected chi connectivity index (χ2v) is 7.92. The summed E-state index contributed by atoms with van der Waals surface area (Å²) in [6.07, 6.45) is 8.98. The highest BCUT2D eigenvalue weighted by Crippen LogP contribution is 2.61. The molecule has 0 aliphatic heterocycles. The number of hydrogen-bond donors (Lipinski definition) is 2. The van der Waals surface area contributed by atoms with Gasteiger partial charge in [0, 0.05) is 13.0 Å². The molecule has 4 bridgehead atoms. The monoisotopic (exact) mass is 319 g/mol. The number of aliphatic hydroxyl groups is 1. The average molecular weight is 319 g/mol. The molecule has 7 nitrogen and oxygen atoms in total. The summed E-state index contributed by atoms with van der Waals surface area (Å²) in [5.74, 6) is 2.38. The Morgan fingerprint density at radius 1 is 1.26 bits per heavy atom. The van der Waals surface area contributed by atoms with Crippen molar-refractivity contribution in [2.75, 3.05) is 6.54 Å². The van der Waals surface area contributed by atoms with Gasteiger partial charge < -0.3 is 10.4 Å². The number of aryl methyl sites for hydroxylation is 1. The zero-order valence-electron chi connectivity index (χ0n) is 13.4. The van der Waals surface area contributed by atoms with Gasteiger partial charge in [-0.25, -0.2) is 4.68 Å². The van der Waals surface area contributed by atoms with E-state index in [-0.39, 0.29) is 11.3 Å². The van der Waals surface area contributed by atoms with Crippen LogP contribution in [0.25, 0.3) is 0 Å². The minimum atomic E-state index is -0.409. The lowest BCUT2D eigenvalue weighted by Crippen LogP contribution is -2.54. The first-order chi connectivity index (χ1) is 11.1. The zero-order chi connectivity index (χ0) is 15.9. The van der Waals surface area contributed by atoms with Crippen molar-refractivity contribution in [1.82, 2.24) is 25.5 Å². The summed E-state index contributed by atoms with van der Waals surface area (Å²) in [7, 11) is 0. The standard InChI is InChI=1S/C16H25N5O2/c22-14(9-17-15(23)1-2-21-10-18-19-20-21)16-6-11-3-12(7-16)5-13(4-11)8-16/h10-14,22H,1-9H2,(H,17,23)/t11?,12?,13?,14-,16?/m0/s1. The van der Waals surface area contributed by atoms with Gasteiger partial charge in [-0.15, -0.1) is 5.10 Å². The Kier molecular flexibility index (Phi) is 3.83. The lowest BCUT2D eigenvalue weighted by atomic mass is 9.48. The molecule has 2 N–H and O–H groups in total. The lowest BCUT2D eigenvalue weighted by molar-refractivity contribution is -0.129. The summed E-state index contributed by atoms with van der Waals surface area (Å²) in [5, 5.41) is 24.5. The fourth-order valence-electron chi connectivity index (χ4n) is 5.60. The number of aliphatic hydroxyl groups excluding tert-OH is 1. The van der Waals surface area contributed by atoms with Gasteiger partial charge in [0.1, 0.15) is 6.33 Å². The molecule has 7 heteroatoms. The van der Waals surface area contributed by atoms with Crippen LogP contribution in [0.2, 0.25) is 0 Å². The first-order valence-corrected chi connectivity index (χ1v) is 8.78. The van der Waals surface area contributed by atoms with Crippen LogP contribution in [0.1, 0.15) is 44.9 Å². The highest BCUT2D eigenvalue weighted by molar-refractivity contribution is 5.75. The topological polar surface area (TPSA) is 92.9 Å². The predicted octanol–water partition coefficient (Wildman–Crippen LogP) is 0.757. The number of amides is 1. The molecule has 1 aromatic heterocycles. The van der Waals surface area contributed by atoms with Crippen molar-refractivity contribution in [1.29, 1.82) is 0 Å². The zero-order valence-corrected chi connectivity index (χ0v) is 13.4. The molecule has 0 spiro atoms. The largest absolute Gasteiger partial charge is 0.391 e. The molecule has 126 valence electrons. The highest BCUT2D eigenvalue weighted by atomic mass is 16.3. The fourth-order valence-corrected chi connectivity index (χ4v) is 5.60. The van der Waals surface area contributed by atoms with Crippen LogP contribution >= 0.6 is 0 Å². The van der Waals surface area contributed by atoms with Crippen LogP contribution in [0, 0.1) is 23.2 Å². The van der Waals surface area contributed by atoms with E-state index in [2.05, 4.69) is 20.8 Å². The maximum Gasteiger partial charge on any atom is 0.221 e. The maximum atomic E-state index is 12.0. The third-order valence-electron chi connectivity index (χ3n) is 6.24. The molecule has 1 aromatic rings. The highest BCUT2D eigenvalue weighted by Gasteiger charge is 2.53. The van der Waals surface area contributed by atoms with Crippen molar-refractivity contribution in [2.45, 2.75) is 57.6 Å². The minimum absolute atomic E-state index is 0.0516. The van der Waals surface area contributed by atoms with Gasteiger partial charge >= 0.3 is 0 Å². The number of tetrazole rings is 1. The smallest absolute Gasteiger partial charge is 0.221 e. The fraction of sp³-hybridized carbons (Fsp3) is 0.875. The van der Waals surface area contributed by atoms with Crippen molar-refractivity contribution in [2.24, 2.45) is 23.2 Å². The van der Waals surface area contributed by atoms with Gasteiger partial charge in [-0.05, 0) is 72.1 Å². The Morgan fingerprint density at radius 3 is 2.48 bits per heavy atom. The molecule has 0 saturated heterocycles. The Bertz CT molecular complexity index is 524. The number of rotatable bonds is 6. The molecule has 0 radical (unpaired) electrons. The van der Waals surface area contributed by atoms with Crippen molar-refractivity contribution in [3.8, 4) is 0 Å². The van der Waals surface area contributed by atoms with Crippen LogP contribution in [-0.2, 0) is 11.3 Å². The molecular formula is C16H25N5O2. The number of carbonyl (C=O) groups excluding carboxylic acids is 1. The van der Waals surface area contributed by atoms with E-state index in [9.17, 15) is 9.90 Å². The molecule has 1 atom stereocenters. The SMILES string of the molecule is O=C(CCn1cnnn1)NC[C@H](O)C12CC3CC(CC(C3)C1)C2. The van der Waals surface area contributed by atoms with Gasteiger partial charge in [0.05, 0.1) is 12.6 Å². The Hall–Kier alpha value is -1.50. The van der Waals surface area contributed by atoms with E-state index in [4.69, 9.17) is 0 Å². The molecule has 5 rings (SSSR count). The normalized spacial score (nSPS) is 36.1. The number of aromatic nitrogens is 4. The Balaban J connectivity index is 1.28. The number of carbonyl (C=O) groups is 1. The van der Waals surface area contributed by atoms with Crippen molar-refractivity contribution in [3.05, 3.63) is 6.33 Å². The average Bonchev–Trinajstić information content (AvgIpc) is 3.02. The van der Waals surface area contributed by atoms with Crippen molar-refractivity contribution < 1.29 is 9.90 Å². The minimum Gasteiger partial charge on any atom is -0.391 e. The van der Waals surface area contributed by atoms with E-state index >= 15 is 0 Å². The van der Waals surface area contributed by atoms with Crippen molar-refractivity contribution >= 4 is 5.91 Å². The van der Waals surface area contributed by atoms with Crippen LogP contribution < -0.4 is 5.32 Å². The molecule has 1 heterocycles. The number of nitrogens with zero attached hydrogens (tertiary/aromatic N) is 4. The second kappa shape index (κ2) is 5.85. The third-order valence-corrected chi connectivity index (χ3v) is 6.24. The Morgan fingerprint density at radius 2 is 1.91 bits per heavy atom. The molecule has 0 unspecified atom stereocenters. The summed E-state index contributed by atoms with van der Waals surface area (Å²) in [4.78, 5) is 12.0. The molecule has 4 saturated carbocycles. The van der Waals surface area contributed by atoms with E-state index in [1.165, 1.54) is 30.3 Å². The van der Waals surface area contributed by atoms with Gasteiger partial charge in [-0.1, -0.05) is 0 Å². The first-order valence-electron chi connectivity index (χ1n) is 8.78. The quantitative estimate of drug-likeness (QED) is 0.807. The summed E-state index contributed by atoms with van der Waals surface area (Å²) in [6.45, 7) is 0.840. The molecule has 0 aromatic carbocycles. The lowest BCUT2D eigenvalue weighted by Gasteiger charge is -2.58. The molecular weight excluding hydrogens is 294 g/mol. The van der Waals surface area contributed by atoms with E-state index in [1.807, 2.05) is 0 Å². The third kappa shape index (κ3) is 2.98. The van der Waals surface area contributed by atoms with Gasteiger partial charge in [-0.2, -0.15) is 0 Å². The second-order valence-electron chi connectivity index (χ2n) is 7.92. The van der Waals surface area contributed by atoms with E-state index < -0.39 is 6.10 Å². The van der Waals surface area contributed by atoms with Crippen molar-refractivity contribution in [3.63, 3.8) is 0 Å². The number of nitrogens with one attached hydrogen (secondary N) is 1. The summed E-state index contributed by atoms with van der Waals surface area (Å²) >= 11 is 0. The Labute approximate surface area is 135 Å². The summed E-state index contributed by atoms with van der Waals surface area (Å²) in [5.41, 5.74) is 0.0673. The van der Waals surface area contributed by atoms with Gasteiger partial charge in [-0.3, -0.25) is 4.79 Å². The molecule has 4 fully saturated rings. The van der Waals surface area contributed by atoms with Crippen LogP contribution in [0.4, 0.5) is 0 Å². The summed E-state index contributed by atoms with van der Waals surface area (Å²) < 4.78 is 1.54. The van der Waals surface area contributed by atoms with Gasteiger partial charge in [0.15, 0.2) is 0 Å². The molecule has 4 aliphatic carbocycles. The maximum absolute atomic E-state index is 12.0. The van der Waals surface area contributed by atoms with Crippen LogP contribution in [0.15, 0.2) is 6.33 Å². The van der Waals surface area contributed by atoms with E-state index in [0.717, 1.165) is 37.0 Å². The molecule has 23 heavy (non-hydrogen) atoms. The predicted molar refractivity (Wildman–Crippen MR) is 82.1 cm³/mol. The summed E-state index contributed by atoms with van der Waals surface area (Å²) in [6, 6.07) is 0. The number of hydrogen-bond acceptors (Lipinski definition) is 5. The van der Waals surface area contributed by atoms with Gasteiger partial charge in [0.25, 0.3) is 0 Å². The molecule has 4 aliphatic rings. The first kappa shape index (κ1) is 15.1. The van der Waals surface area contributed by atoms with Crippen LogP contribution in [0.3, 0.4) is 0 Å². The van der Waals surface area contributed by atoms with Crippen LogP contribution in [0.5, 0.6) is 0 Å². The van der Waals surface area contributed by atoms with Crippen LogP contribution in [-0.4, -0.2) is 43.9 Å². The molecule has 1 amide bonds.